The molecule has 0 aromatic carbocycles. The topological polar surface area (TPSA) is 35.6 Å². The van der Waals surface area contributed by atoms with Crippen molar-refractivity contribution in [1.29, 1.82) is 0 Å². The molecule has 7 heteroatoms. The van der Waals surface area contributed by atoms with Crippen LogP contribution in [0.4, 0.5) is 18.0 Å². The van der Waals surface area contributed by atoms with Crippen LogP contribution in [0.1, 0.15) is 40.0 Å². The summed E-state index contributed by atoms with van der Waals surface area (Å²) in [6.07, 6.45) is -2.56. The molecular weight excluding hydrogens is 295 g/mol. The van der Waals surface area contributed by atoms with Gasteiger partial charge in [0, 0.05) is 25.7 Å². The first-order valence-corrected chi connectivity index (χ1v) is 8.03. The molecule has 0 aliphatic carbocycles. The molecule has 22 heavy (non-hydrogen) atoms. The van der Waals surface area contributed by atoms with Crippen LogP contribution in [-0.4, -0.2) is 59.8 Å². The molecule has 2 fully saturated rings. The lowest BCUT2D eigenvalue weighted by Crippen LogP contribution is -2.55. The molecule has 0 spiro atoms. The molecule has 0 radical (unpaired) electrons. The zero-order chi connectivity index (χ0) is 16.5. The Balaban J connectivity index is 1.93. The fourth-order valence-corrected chi connectivity index (χ4v) is 3.66. The van der Waals surface area contributed by atoms with Crippen molar-refractivity contribution in [3.63, 3.8) is 0 Å². The van der Waals surface area contributed by atoms with Crippen molar-refractivity contribution in [3.8, 4) is 0 Å². The largest absolute Gasteiger partial charge is 0.394 e. The van der Waals surface area contributed by atoms with Gasteiger partial charge in [-0.25, -0.2) is 4.79 Å². The quantitative estimate of drug-likeness (QED) is 0.849. The van der Waals surface area contributed by atoms with Crippen molar-refractivity contribution in [1.82, 2.24) is 15.1 Å². The number of piperidine rings is 1. The molecular formula is C15H26F3N3O. The molecule has 2 amide bonds. The van der Waals surface area contributed by atoms with E-state index in [1.807, 2.05) is 0 Å². The van der Waals surface area contributed by atoms with Gasteiger partial charge < -0.3 is 15.1 Å². The van der Waals surface area contributed by atoms with Gasteiger partial charge in [0.25, 0.3) is 0 Å². The molecule has 0 aromatic rings. The van der Waals surface area contributed by atoms with Crippen LogP contribution in [-0.2, 0) is 0 Å². The van der Waals surface area contributed by atoms with Gasteiger partial charge in [0.1, 0.15) is 0 Å². The van der Waals surface area contributed by atoms with E-state index >= 15 is 0 Å². The highest BCUT2D eigenvalue weighted by Gasteiger charge is 2.56. The van der Waals surface area contributed by atoms with Crippen LogP contribution in [0.15, 0.2) is 0 Å². The SMILES string of the molecule is CCN1CCC(NC(=O)N2CC[C@H](C(F)(F)F)C2(C)C)CC1. The van der Waals surface area contributed by atoms with E-state index in [0.29, 0.717) is 0 Å². The highest BCUT2D eigenvalue weighted by molar-refractivity contribution is 5.75. The summed E-state index contributed by atoms with van der Waals surface area (Å²) in [4.78, 5) is 16.1. The Labute approximate surface area is 130 Å². The second-order valence-corrected chi connectivity index (χ2v) is 6.85. The summed E-state index contributed by atoms with van der Waals surface area (Å²) in [6.45, 7) is 8.13. The third kappa shape index (κ3) is 3.50. The average molecular weight is 321 g/mol. The monoisotopic (exact) mass is 321 g/mol. The maximum Gasteiger partial charge on any atom is 0.394 e. The lowest BCUT2D eigenvalue weighted by Gasteiger charge is -2.38. The standard InChI is InChI=1S/C15H26F3N3O/c1-4-20-8-5-11(6-9-20)19-13(22)21-10-7-12(14(21,2)3)15(16,17)18/h11-12H,4-10H2,1-3H3,(H,19,22)/t12-/m0/s1. The predicted octanol–water partition coefficient (Wildman–Crippen LogP) is 2.84. The van der Waals surface area contributed by atoms with E-state index in [1.54, 1.807) is 0 Å². The summed E-state index contributed by atoms with van der Waals surface area (Å²) in [5.74, 6) is -1.45. The van der Waals surface area contributed by atoms with Gasteiger partial charge in [-0.15, -0.1) is 0 Å². The highest BCUT2D eigenvalue weighted by Crippen LogP contribution is 2.44. The van der Waals surface area contributed by atoms with E-state index in [2.05, 4.69) is 17.1 Å². The van der Waals surface area contributed by atoms with Gasteiger partial charge >= 0.3 is 12.2 Å². The molecule has 2 saturated heterocycles. The van der Waals surface area contributed by atoms with E-state index in [4.69, 9.17) is 0 Å². The second kappa shape index (κ2) is 6.26. The van der Waals surface area contributed by atoms with E-state index in [-0.39, 0.29) is 25.0 Å². The number of hydrogen-bond acceptors (Lipinski definition) is 2. The first-order chi connectivity index (χ1) is 10.2. The molecule has 2 rings (SSSR count). The number of alkyl halides is 3. The number of nitrogens with one attached hydrogen (secondary N) is 1. The molecule has 0 unspecified atom stereocenters. The van der Waals surface area contributed by atoms with Gasteiger partial charge in [-0.2, -0.15) is 13.2 Å². The summed E-state index contributed by atoms with van der Waals surface area (Å²) in [5, 5.41) is 2.93. The van der Waals surface area contributed by atoms with Crippen molar-refractivity contribution < 1.29 is 18.0 Å². The summed E-state index contributed by atoms with van der Waals surface area (Å²) >= 11 is 0. The lowest BCUT2D eigenvalue weighted by atomic mass is 9.88. The molecule has 2 aliphatic heterocycles. The van der Waals surface area contributed by atoms with E-state index in [0.717, 1.165) is 32.5 Å². The number of carbonyl (C=O) groups is 1. The zero-order valence-electron chi connectivity index (χ0n) is 13.5. The van der Waals surface area contributed by atoms with Gasteiger partial charge in [-0.1, -0.05) is 6.92 Å². The van der Waals surface area contributed by atoms with E-state index < -0.39 is 17.6 Å². The minimum absolute atomic E-state index is 0.0157. The molecule has 0 bridgehead atoms. The fourth-order valence-electron chi connectivity index (χ4n) is 3.66. The third-order valence-corrected chi connectivity index (χ3v) is 5.19. The van der Waals surface area contributed by atoms with E-state index in [9.17, 15) is 18.0 Å². The zero-order valence-corrected chi connectivity index (χ0v) is 13.5. The minimum Gasteiger partial charge on any atom is -0.335 e. The Morgan fingerprint density at radius 1 is 1.18 bits per heavy atom. The number of carbonyl (C=O) groups excluding carboxylic acids is 1. The van der Waals surface area contributed by atoms with Gasteiger partial charge in [-0.05, 0) is 39.7 Å². The molecule has 1 N–H and O–H groups in total. The predicted molar refractivity (Wildman–Crippen MR) is 78.6 cm³/mol. The maximum absolute atomic E-state index is 13.1. The number of nitrogens with zero attached hydrogens (tertiary/aromatic N) is 2. The first-order valence-electron chi connectivity index (χ1n) is 8.03. The van der Waals surface area contributed by atoms with Crippen LogP contribution in [0, 0.1) is 5.92 Å². The number of amides is 2. The van der Waals surface area contributed by atoms with Crippen LogP contribution in [0.25, 0.3) is 0 Å². The van der Waals surface area contributed by atoms with Crippen LogP contribution in [0.2, 0.25) is 0 Å². The molecule has 128 valence electrons. The van der Waals surface area contributed by atoms with Crippen molar-refractivity contribution in [2.75, 3.05) is 26.2 Å². The lowest BCUT2D eigenvalue weighted by molar-refractivity contribution is -0.189. The van der Waals surface area contributed by atoms with Gasteiger partial charge in [0.05, 0.1) is 11.5 Å². The molecule has 0 saturated carbocycles. The van der Waals surface area contributed by atoms with Gasteiger partial charge in [0.15, 0.2) is 0 Å². The molecule has 4 nitrogen and oxygen atoms in total. The molecule has 2 heterocycles. The fraction of sp³-hybridized carbons (Fsp3) is 0.933. The van der Waals surface area contributed by atoms with Crippen LogP contribution in [0.3, 0.4) is 0 Å². The third-order valence-electron chi connectivity index (χ3n) is 5.19. The van der Waals surface area contributed by atoms with Crippen LogP contribution >= 0.6 is 0 Å². The smallest absolute Gasteiger partial charge is 0.335 e. The van der Waals surface area contributed by atoms with Gasteiger partial charge in [-0.3, -0.25) is 0 Å². The Morgan fingerprint density at radius 3 is 2.23 bits per heavy atom. The van der Waals surface area contributed by atoms with Crippen molar-refractivity contribution in [2.45, 2.75) is 57.8 Å². The Kier molecular flexibility index (Phi) is 4.94. The summed E-state index contributed by atoms with van der Waals surface area (Å²) in [7, 11) is 0. The maximum atomic E-state index is 13.1. The number of urea groups is 1. The van der Waals surface area contributed by atoms with E-state index in [1.165, 1.54) is 18.7 Å². The minimum atomic E-state index is -4.26. The normalized spacial score (nSPS) is 27.2. The number of hydrogen-bond donors (Lipinski definition) is 1. The second-order valence-electron chi connectivity index (χ2n) is 6.85. The average Bonchev–Trinajstić information content (AvgIpc) is 2.74. The molecule has 2 aliphatic rings. The van der Waals surface area contributed by atoms with Crippen molar-refractivity contribution in [3.05, 3.63) is 0 Å². The summed E-state index contributed by atoms with van der Waals surface area (Å²) in [5.41, 5.74) is -1.19. The Morgan fingerprint density at radius 2 is 1.77 bits per heavy atom. The van der Waals surface area contributed by atoms with Crippen molar-refractivity contribution in [2.24, 2.45) is 5.92 Å². The highest BCUT2D eigenvalue weighted by atomic mass is 19.4. The number of halogens is 3. The summed E-state index contributed by atoms with van der Waals surface area (Å²) in [6, 6.07) is -0.289. The molecule has 1 atom stereocenters. The van der Waals surface area contributed by atoms with Crippen LogP contribution < -0.4 is 5.32 Å². The first kappa shape index (κ1) is 17.4. The molecule has 0 aromatic heterocycles. The number of rotatable bonds is 2. The Bertz CT molecular complexity index is 403. The Hall–Kier alpha value is -0.980. The summed E-state index contributed by atoms with van der Waals surface area (Å²) < 4.78 is 39.2. The van der Waals surface area contributed by atoms with Crippen LogP contribution in [0.5, 0.6) is 0 Å². The van der Waals surface area contributed by atoms with Crippen molar-refractivity contribution >= 4 is 6.03 Å². The number of likely N-dealkylation sites (tertiary alicyclic amines) is 2. The van der Waals surface area contributed by atoms with Gasteiger partial charge in [0.2, 0.25) is 0 Å².